The second-order valence-electron chi connectivity index (χ2n) is 3.68. The zero-order chi connectivity index (χ0) is 13.7. The second-order valence-corrected chi connectivity index (χ2v) is 5.55. The summed E-state index contributed by atoms with van der Waals surface area (Å²) in [5, 5.41) is 11.3. The van der Waals surface area contributed by atoms with E-state index in [1.165, 1.54) is 29.4 Å². The lowest BCUT2D eigenvalue weighted by Crippen LogP contribution is -1.92. The number of carbonyl (C=O) groups is 1. The molecule has 1 aromatic heterocycles. The number of aromatic nitrogens is 1. The molecule has 0 amide bonds. The molecule has 1 aromatic carbocycles. The molecule has 5 heteroatoms. The van der Waals surface area contributed by atoms with Crippen LogP contribution in [-0.4, -0.2) is 10.2 Å². The number of carbonyl (C=O) groups excluding carboxylic acids is 1. The summed E-state index contributed by atoms with van der Waals surface area (Å²) < 4.78 is 4.18. The SMILES string of the molecule is Cc1snc(SC=CC(=O)c2ccccc2)c1C#N. The van der Waals surface area contributed by atoms with Crippen LogP contribution >= 0.6 is 23.3 Å². The molecule has 0 fully saturated rings. The molecule has 0 saturated heterocycles. The first-order valence-electron chi connectivity index (χ1n) is 5.51. The molecule has 0 aliphatic carbocycles. The zero-order valence-corrected chi connectivity index (χ0v) is 11.8. The van der Waals surface area contributed by atoms with Gasteiger partial charge < -0.3 is 0 Å². The lowest BCUT2D eigenvalue weighted by molar-refractivity contribution is 0.104. The quantitative estimate of drug-likeness (QED) is 0.487. The van der Waals surface area contributed by atoms with Crippen LogP contribution < -0.4 is 0 Å². The molecule has 0 aliphatic rings. The van der Waals surface area contributed by atoms with Gasteiger partial charge in [0.1, 0.15) is 11.1 Å². The van der Waals surface area contributed by atoms with E-state index in [0.717, 1.165) is 4.88 Å². The first-order chi connectivity index (χ1) is 9.22. The Morgan fingerprint density at radius 3 is 2.84 bits per heavy atom. The summed E-state index contributed by atoms with van der Waals surface area (Å²) in [6.07, 6.45) is 1.50. The summed E-state index contributed by atoms with van der Waals surface area (Å²) in [5.41, 5.74) is 1.24. The summed E-state index contributed by atoms with van der Waals surface area (Å²) in [6, 6.07) is 11.2. The van der Waals surface area contributed by atoms with Gasteiger partial charge in [0, 0.05) is 10.4 Å². The average Bonchev–Trinajstić information content (AvgIpc) is 2.80. The van der Waals surface area contributed by atoms with Crippen LogP contribution in [0.1, 0.15) is 20.8 Å². The van der Waals surface area contributed by atoms with Gasteiger partial charge in [0.2, 0.25) is 0 Å². The minimum absolute atomic E-state index is 0.0569. The van der Waals surface area contributed by atoms with Gasteiger partial charge in [-0.25, -0.2) is 0 Å². The maximum absolute atomic E-state index is 11.8. The lowest BCUT2D eigenvalue weighted by Gasteiger charge is -1.94. The van der Waals surface area contributed by atoms with Crippen molar-refractivity contribution >= 4 is 29.1 Å². The number of benzene rings is 1. The fourth-order valence-corrected chi connectivity index (χ4v) is 2.95. The standard InChI is InChI=1S/C14H10N2OS2/c1-10-12(9-15)14(16-19-10)18-8-7-13(17)11-5-3-2-4-6-11/h2-8H,1H3. The Morgan fingerprint density at radius 2 is 2.16 bits per heavy atom. The van der Waals surface area contributed by atoms with Crippen molar-refractivity contribution in [2.75, 3.05) is 0 Å². The van der Waals surface area contributed by atoms with Crippen LogP contribution in [0.3, 0.4) is 0 Å². The number of aryl methyl sites for hydroxylation is 1. The van der Waals surface area contributed by atoms with Crippen molar-refractivity contribution in [3.8, 4) is 6.07 Å². The molecule has 0 N–H and O–H groups in total. The minimum atomic E-state index is -0.0569. The van der Waals surface area contributed by atoms with Crippen LogP contribution in [0.5, 0.6) is 0 Å². The van der Waals surface area contributed by atoms with Crippen LogP contribution in [0.4, 0.5) is 0 Å². The number of allylic oxidation sites excluding steroid dienone is 1. The number of hydrogen-bond donors (Lipinski definition) is 0. The van der Waals surface area contributed by atoms with E-state index in [1.54, 1.807) is 17.5 Å². The Kier molecular flexibility index (Phi) is 4.50. The highest BCUT2D eigenvalue weighted by molar-refractivity contribution is 8.02. The van der Waals surface area contributed by atoms with Gasteiger partial charge in [-0.3, -0.25) is 4.79 Å². The monoisotopic (exact) mass is 286 g/mol. The fraction of sp³-hybridized carbons (Fsp3) is 0.0714. The molecule has 0 spiro atoms. The Balaban J connectivity index is 2.05. The number of ketones is 1. The molecule has 3 nitrogen and oxygen atoms in total. The molecule has 0 atom stereocenters. The maximum atomic E-state index is 11.8. The van der Waals surface area contributed by atoms with E-state index in [0.29, 0.717) is 16.2 Å². The van der Waals surface area contributed by atoms with Crippen molar-refractivity contribution in [3.05, 3.63) is 57.8 Å². The Labute approximate surface area is 119 Å². The van der Waals surface area contributed by atoms with Crippen LogP contribution in [0, 0.1) is 18.3 Å². The first kappa shape index (κ1) is 13.5. The summed E-state index contributed by atoms with van der Waals surface area (Å²) in [7, 11) is 0. The highest BCUT2D eigenvalue weighted by Crippen LogP contribution is 2.27. The molecule has 0 aliphatic heterocycles. The van der Waals surface area contributed by atoms with E-state index in [1.807, 2.05) is 25.1 Å². The summed E-state index contributed by atoms with van der Waals surface area (Å²) in [4.78, 5) is 12.7. The minimum Gasteiger partial charge on any atom is -0.289 e. The molecule has 0 saturated carbocycles. The van der Waals surface area contributed by atoms with Crippen molar-refractivity contribution in [3.63, 3.8) is 0 Å². The number of rotatable bonds is 4. The molecule has 1 heterocycles. The Hall–Kier alpha value is -1.90. The smallest absolute Gasteiger partial charge is 0.186 e. The Morgan fingerprint density at radius 1 is 1.42 bits per heavy atom. The van der Waals surface area contributed by atoms with Gasteiger partial charge in [0.25, 0.3) is 0 Å². The van der Waals surface area contributed by atoms with E-state index in [4.69, 9.17) is 5.26 Å². The van der Waals surface area contributed by atoms with E-state index < -0.39 is 0 Å². The third-order valence-electron chi connectivity index (χ3n) is 2.40. The third kappa shape index (κ3) is 3.31. The number of nitrogens with zero attached hydrogens (tertiary/aromatic N) is 2. The lowest BCUT2D eigenvalue weighted by atomic mass is 10.1. The molecule has 0 radical (unpaired) electrons. The van der Waals surface area contributed by atoms with Gasteiger partial charge in [-0.15, -0.1) is 0 Å². The average molecular weight is 286 g/mol. The van der Waals surface area contributed by atoms with Crippen LogP contribution in [0.2, 0.25) is 0 Å². The molecular formula is C14H10N2OS2. The zero-order valence-electron chi connectivity index (χ0n) is 10.2. The molecule has 19 heavy (non-hydrogen) atoms. The second kappa shape index (κ2) is 6.32. The molecule has 0 bridgehead atoms. The predicted octanol–water partition coefficient (Wildman–Crippen LogP) is 3.81. The molecule has 0 unspecified atom stereocenters. The highest BCUT2D eigenvalue weighted by atomic mass is 32.2. The molecular weight excluding hydrogens is 276 g/mol. The van der Waals surface area contributed by atoms with Crippen LogP contribution in [-0.2, 0) is 0 Å². The topological polar surface area (TPSA) is 53.8 Å². The van der Waals surface area contributed by atoms with Crippen molar-refractivity contribution in [2.45, 2.75) is 11.9 Å². The number of nitriles is 1. The van der Waals surface area contributed by atoms with E-state index in [-0.39, 0.29) is 5.78 Å². The predicted molar refractivity (Wildman–Crippen MR) is 77.3 cm³/mol. The Bertz CT molecular complexity index is 654. The van der Waals surface area contributed by atoms with Gasteiger partial charge in [-0.05, 0) is 29.9 Å². The van der Waals surface area contributed by atoms with Gasteiger partial charge in [0.05, 0.1) is 5.56 Å². The molecule has 2 aromatic rings. The fourth-order valence-electron chi connectivity index (χ4n) is 1.42. The number of hydrogen-bond acceptors (Lipinski definition) is 5. The van der Waals surface area contributed by atoms with Gasteiger partial charge >= 0.3 is 0 Å². The van der Waals surface area contributed by atoms with E-state index >= 15 is 0 Å². The molecule has 94 valence electrons. The van der Waals surface area contributed by atoms with Crippen LogP contribution in [0.15, 0.2) is 46.8 Å². The van der Waals surface area contributed by atoms with Crippen molar-refractivity contribution in [1.29, 1.82) is 5.26 Å². The van der Waals surface area contributed by atoms with Crippen molar-refractivity contribution in [1.82, 2.24) is 4.37 Å². The summed E-state index contributed by atoms with van der Waals surface area (Å²) >= 11 is 2.59. The normalized spacial score (nSPS) is 10.5. The van der Waals surface area contributed by atoms with Crippen molar-refractivity contribution in [2.24, 2.45) is 0 Å². The summed E-state index contributed by atoms with van der Waals surface area (Å²) in [6.45, 7) is 1.86. The van der Waals surface area contributed by atoms with Gasteiger partial charge in [-0.1, -0.05) is 42.1 Å². The van der Waals surface area contributed by atoms with Crippen molar-refractivity contribution < 1.29 is 4.79 Å². The first-order valence-corrected chi connectivity index (χ1v) is 7.16. The maximum Gasteiger partial charge on any atom is 0.186 e. The van der Waals surface area contributed by atoms with E-state index in [9.17, 15) is 4.79 Å². The van der Waals surface area contributed by atoms with Crippen LogP contribution in [0.25, 0.3) is 0 Å². The largest absolute Gasteiger partial charge is 0.289 e. The van der Waals surface area contributed by atoms with Gasteiger partial charge in [0.15, 0.2) is 5.78 Å². The highest BCUT2D eigenvalue weighted by Gasteiger charge is 2.09. The third-order valence-corrected chi connectivity index (χ3v) is 4.06. The van der Waals surface area contributed by atoms with E-state index in [2.05, 4.69) is 10.4 Å². The summed E-state index contributed by atoms with van der Waals surface area (Å²) in [5.74, 6) is -0.0569. The molecule has 2 rings (SSSR count). The van der Waals surface area contributed by atoms with Gasteiger partial charge in [-0.2, -0.15) is 9.64 Å². The number of thioether (sulfide) groups is 1.